The fourth-order valence-electron chi connectivity index (χ4n) is 6.30. The maximum absolute atomic E-state index is 11.9. The molecule has 0 radical (unpaired) electrons. The Labute approximate surface area is 251 Å². The summed E-state index contributed by atoms with van der Waals surface area (Å²) in [5.41, 5.74) is 5.61. The van der Waals surface area contributed by atoms with Crippen molar-refractivity contribution in [1.82, 2.24) is 14.5 Å². The van der Waals surface area contributed by atoms with Crippen molar-refractivity contribution >= 4 is 10.0 Å². The monoisotopic (exact) mass is 584 g/mol. The van der Waals surface area contributed by atoms with E-state index in [9.17, 15) is 8.42 Å². The molecule has 0 bridgehead atoms. The largest absolute Gasteiger partial charge is 0.326 e. The average molecular weight is 585 g/mol. The third kappa shape index (κ3) is 7.20. The fraction of sp³-hybridized carbons (Fsp3) is 0.400. The van der Waals surface area contributed by atoms with Gasteiger partial charge in [-0.1, -0.05) is 105 Å². The lowest BCUT2D eigenvalue weighted by molar-refractivity contribution is 0.145. The topological polar surface area (TPSA) is 81.2 Å². The van der Waals surface area contributed by atoms with Gasteiger partial charge in [-0.2, -0.15) is 0 Å². The Hall–Kier alpha value is -3.26. The van der Waals surface area contributed by atoms with Gasteiger partial charge in [0, 0.05) is 36.8 Å². The first-order chi connectivity index (χ1) is 20.3. The van der Waals surface area contributed by atoms with Crippen LogP contribution in [0.1, 0.15) is 76.1 Å². The van der Waals surface area contributed by atoms with Crippen molar-refractivity contribution in [3.8, 4) is 22.6 Å². The zero-order valence-electron chi connectivity index (χ0n) is 25.0. The van der Waals surface area contributed by atoms with Crippen molar-refractivity contribution < 1.29 is 8.42 Å². The zero-order chi connectivity index (χ0) is 29.5. The molecule has 1 aliphatic carbocycles. The molecule has 6 nitrogen and oxygen atoms in total. The van der Waals surface area contributed by atoms with Crippen molar-refractivity contribution in [2.75, 3.05) is 6.54 Å². The summed E-state index contributed by atoms with van der Waals surface area (Å²) in [5.74, 6) is 1.66. The molecule has 1 heterocycles. The van der Waals surface area contributed by atoms with Gasteiger partial charge in [0.25, 0.3) is 0 Å². The maximum atomic E-state index is 11.9. The Morgan fingerprint density at radius 1 is 0.905 bits per heavy atom. The van der Waals surface area contributed by atoms with E-state index in [1.54, 1.807) is 12.1 Å². The summed E-state index contributed by atoms with van der Waals surface area (Å²) in [4.78, 5) is 8.09. The predicted molar refractivity (Wildman–Crippen MR) is 171 cm³/mol. The summed E-state index contributed by atoms with van der Waals surface area (Å²) >= 11 is 0. The van der Waals surface area contributed by atoms with E-state index < -0.39 is 10.0 Å². The summed E-state index contributed by atoms with van der Waals surface area (Å²) < 4.78 is 26.3. The molecule has 1 saturated carbocycles. The molecule has 222 valence electrons. The molecule has 0 spiro atoms. The van der Waals surface area contributed by atoms with Crippen LogP contribution in [0.2, 0.25) is 0 Å². The lowest BCUT2D eigenvalue weighted by Crippen LogP contribution is -2.34. The predicted octanol–water partition coefficient (Wildman–Crippen LogP) is 7.81. The van der Waals surface area contributed by atoms with E-state index in [-0.39, 0.29) is 10.9 Å². The van der Waals surface area contributed by atoms with E-state index in [0.29, 0.717) is 5.92 Å². The highest BCUT2D eigenvalue weighted by Crippen LogP contribution is 2.37. The standard InChI is InChI=1S/C35H44N4O2S/c1-3-4-24-39-34(33(30-16-10-6-11-17-30)37-35(39)31-18-12-7-13-19-31)27(2)38(25-28-14-8-5-9-15-28)26-29-20-22-32(23-21-29)42(36,40)41/h6-7,10-13,16-23,27-28H,3-5,8-9,14-15,24-26H2,1-2H3,(H2,36,40,41). The molecule has 1 aliphatic rings. The van der Waals surface area contributed by atoms with E-state index in [1.807, 2.05) is 12.1 Å². The molecular weight excluding hydrogens is 540 g/mol. The van der Waals surface area contributed by atoms with Gasteiger partial charge in [-0.3, -0.25) is 4.90 Å². The number of hydrogen-bond donors (Lipinski definition) is 1. The first-order valence-corrected chi connectivity index (χ1v) is 17.0. The summed E-state index contributed by atoms with van der Waals surface area (Å²) in [6, 6.07) is 28.2. The molecule has 1 unspecified atom stereocenters. The van der Waals surface area contributed by atoms with Crippen molar-refractivity contribution in [1.29, 1.82) is 0 Å². The highest BCUT2D eigenvalue weighted by atomic mass is 32.2. The van der Waals surface area contributed by atoms with E-state index in [1.165, 1.54) is 37.8 Å². The van der Waals surface area contributed by atoms with Crippen LogP contribution >= 0.6 is 0 Å². The minimum atomic E-state index is -3.73. The SMILES string of the molecule is CCCCn1c(-c2ccccc2)nc(-c2ccccc2)c1C(C)N(Cc1ccc(S(N)(=O)=O)cc1)CC1CCCCC1. The minimum absolute atomic E-state index is 0.0851. The minimum Gasteiger partial charge on any atom is -0.326 e. The Kier molecular flexibility index (Phi) is 9.93. The number of nitrogens with two attached hydrogens (primary N) is 1. The van der Waals surface area contributed by atoms with E-state index >= 15 is 0 Å². The van der Waals surface area contributed by atoms with Crippen LogP contribution in [0, 0.1) is 5.92 Å². The Morgan fingerprint density at radius 2 is 1.52 bits per heavy atom. The first-order valence-electron chi connectivity index (χ1n) is 15.4. The second-order valence-electron chi connectivity index (χ2n) is 11.7. The lowest BCUT2D eigenvalue weighted by Gasteiger charge is -2.35. The molecule has 0 amide bonds. The molecule has 1 atom stereocenters. The van der Waals surface area contributed by atoms with Gasteiger partial charge in [0.1, 0.15) is 5.82 Å². The summed E-state index contributed by atoms with van der Waals surface area (Å²) in [5, 5.41) is 5.39. The zero-order valence-corrected chi connectivity index (χ0v) is 25.8. The van der Waals surface area contributed by atoms with Crippen molar-refractivity contribution in [2.45, 2.75) is 82.8 Å². The number of nitrogens with zero attached hydrogens (tertiary/aromatic N) is 3. The highest BCUT2D eigenvalue weighted by molar-refractivity contribution is 7.89. The van der Waals surface area contributed by atoms with Gasteiger partial charge in [0.15, 0.2) is 0 Å². The van der Waals surface area contributed by atoms with Gasteiger partial charge in [0.2, 0.25) is 10.0 Å². The molecular formula is C35H44N4O2S. The third-order valence-corrected chi connectivity index (χ3v) is 9.55. The maximum Gasteiger partial charge on any atom is 0.238 e. The Bertz CT molecular complexity index is 1530. The van der Waals surface area contributed by atoms with Gasteiger partial charge in [-0.15, -0.1) is 0 Å². The Balaban J connectivity index is 1.60. The number of aromatic nitrogens is 2. The number of rotatable bonds is 12. The van der Waals surface area contributed by atoms with Crippen molar-refractivity contribution in [3.63, 3.8) is 0 Å². The van der Waals surface area contributed by atoms with Gasteiger partial charge in [-0.25, -0.2) is 18.5 Å². The summed E-state index contributed by atoms with van der Waals surface area (Å²) in [6.45, 7) is 7.17. The number of sulfonamides is 1. The second-order valence-corrected chi connectivity index (χ2v) is 13.3. The molecule has 1 aromatic heterocycles. The van der Waals surface area contributed by atoms with Crippen LogP contribution in [0.15, 0.2) is 89.8 Å². The second kappa shape index (κ2) is 13.8. The number of benzene rings is 3. The summed E-state index contributed by atoms with van der Waals surface area (Å²) in [7, 11) is -3.73. The van der Waals surface area contributed by atoms with Crippen molar-refractivity contribution in [3.05, 3.63) is 96.2 Å². The van der Waals surface area contributed by atoms with E-state index in [2.05, 4.69) is 84.0 Å². The molecule has 4 aromatic rings. The summed E-state index contributed by atoms with van der Waals surface area (Å²) in [6.07, 6.45) is 8.58. The molecule has 7 heteroatoms. The molecule has 0 saturated heterocycles. The van der Waals surface area contributed by atoms with Gasteiger partial charge < -0.3 is 4.57 Å². The number of primary sulfonamides is 1. The molecule has 3 aromatic carbocycles. The smallest absolute Gasteiger partial charge is 0.238 e. The molecule has 2 N–H and O–H groups in total. The average Bonchev–Trinajstić information content (AvgIpc) is 3.40. The Morgan fingerprint density at radius 3 is 2.12 bits per heavy atom. The van der Waals surface area contributed by atoms with E-state index in [4.69, 9.17) is 10.1 Å². The lowest BCUT2D eigenvalue weighted by atomic mass is 9.88. The van der Waals surface area contributed by atoms with Crippen LogP contribution in [0.3, 0.4) is 0 Å². The number of hydrogen-bond acceptors (Lipinski definition) is 4. The van der Waals surface area contributed by atoms with Crippen molar-refractivity contribution in [2.24, 2.45) is 11.1 Å². The quantitative estimate of drug-likeness (QED) is 0.184. The van der Waals surface area contributed by atoms with Crippen LogP contribution in [-0.2, 0) is 23.1 Å². The first kappa shape index (κ1) is 30.2. The fourth-order valence-corrected chi connectivity index (χ4v) is 6.82. The number of unbranched alkanes of at least 4 members (excludes halogenated alkanes) is 1. The van der Waals surface area contributed by atoms with Crippen LogP contribution in [-0.4, -0.2) is 29.4 Å². The van der Waals surface area contributed by atoms with Crippen LogP contribution in [0.5, 0.6) is 0 Å². The third-order valence-electron chi connectivity index (χ3n) is 8.62. The van der Waals surface area contributed by atoms with Gasteiger partial charge >= 0.3 is 0 Å². The van der Waals surface area contributed by atoms with Crippen LogP contribution in [0.4, 0.5) is 0 Å². The highest BCUT2D eigenvalue weighted by Gasteiger charge is 2.29. The molecule has 42 heavy (non-hydrogen) atoms. The molecule has 0 aliphatic heterocycles. The van der Waals surface area contributed by atoms with Crippen LogP contribution < -0.4 is 5.14 Å². The van der Waals surface area contributed by atoms with Gasteiger partial charge in [-0.05, 0) is 49.8 Å². The van der Waals surface area contributed by atoms with E-state index in [0.717, 1.165) is 60.7 Å². The molecule has 1 fully saturated rings. The molecule has 5 rings (SSSR count). The normalized spacial score (nSPS) is 15.2. The van der Waals surface area contributed by atoms with Crippen LogP contribution in [0.25, 0.3) is 22.6 Å². The van der Waals surface area contributed by atoms with Gasteiger partial charge in [0.05, 0.1) is 16.3 Å². The number of imidazole rings is 1.